The second-order valence-electron chi connectivity index (χ2n) is 1.89. The lowest BCUT2D eigenvalue weighted by Gasteiger charge is -2.01. The molecule has 1 aromatic rings. The Balaban J connectivity index is 0.000000561. The molecule has 0 amide bonds. The molecular formula is C8H12O4. The highest BCUT2D eigenvalue weighted by Gasteiger charge is 1.86. The van der Waals surface area contributed by atoms with Gasteiger partial charge in [-0.05, 0) is 12.1 Å². The van der Waals surface area contributed by atoms with E-state index in [1.165, 1.54) is 0 Å². The van der Waals surface area contributed by atoms with Gasteiger partial charge in [-0.2, -0.15) is 0 Å². The molecule has 0 saturated carbocycles. The molecule has 0 aliphatic heterocycles. The van der Waals surface area contributed by atoms with Crippen LogP contribution in [0.4, 0.5) is 0 Å². The fraction of sp³-hybridized carbons (Fsp3) is 0.250. The van der Waals surface area contributed by atoms with E-state index in [0.717, 1.165) is 5.75 Å². The summed E-state index contributed by atoms with van der Waals surface area (Å²) in [6, 6.07) is 9.43. The second-order valence-corrected chi connectivity index (χ2v) is 1.89. The molecule has 0 aromatic heterocycles. The van der Waals surface area contributed by atoms with Crippen LogP contribution in [0.25, 0.3) is 0 Å². The Hall–Kier alpha value is -1.10. The van der Waals surface area contributed by atoms with E-state index < -0.39 is 0 Å². The van der Waals surface area contributed by atoms with E-state index in [0.29, 0.717) is 6.61 Å². The van der Waals surface area contributed by atoms with Crippen molar-refractivity contribution in [3.63, 3.8) is 0 Å². The van der Waals surface area contributed by atoms with E-state index in [9.17, 15) is 0 Å². The Labute approximate surface area is 70.6 Å². The summed E-state index contributed by atoms with van der Waals surface area (Å²) >= 11 is 0. The van der Waals surface area contributed by atoms with E-state index in [1.807, 2.05) is 30.3 Å². The van der Waals surface area contributed by atoms with Crippen LogP contribution in [0.15, 0.2) is 30.3 Å². The molecule has 0 aliphatic carbocycles. The molecule has 0 heterocycles. The summed E-state index contributed by atoms with van der Waals surface area (Å²) in [4.78, 5) is 0. The van der Waals surface area contributed by atoms with Crippen molar-refractivity contribution in [2.75, 3.05) is 13.2 Å². The number of rotatable bonds is 3. The molecule has 0 spiro atoms. The summed E-state index contributed by atoms with van der Waals surface area (Å²) in [7, 11) is 0. The molecule has 0 fully saturated rings. The third-order valence-electron chi connectivity index (χ3n) is 1.10. The van der Waals surface area contributed by atoms with E-state index in [-0.39, 0.29) is 6.61 Å². The third-order valence-corrected chi connectivity index (χ3v) is 1.10. The van der Waals surface area contributed by atoms with Gasteiger partial charge in [-0.25, -0.2) is 0 Å². The Kier molecular flexibility index (Phi) is 7.27. The number of hydrogen-bond donors (Lipinski definition) is 3. The molecule has 1 rings (SSSR count). The molecule has 12 heavy (non-hydrogen) atoms. The average molecular weight is 172 g/mol. The van der Waals surface area contributed by atoms with Crippen molar-refractivity contribution >= 4 is 0 Å². The predicted molar refractivity (Wildman–Crippen MR) is 44.3 cm³/mol. The Morgan fingerprint density at radius 1 is 1.08 bits per heavy atom. The molecular weight excluding hydrogens is 160 g/mol. The van der Waals surface area contributed by atoms with Gasteiger partial charge in [-0.3, -0.25) is 10.5 Å². The third kappa shape index (κ3) is 4.68. The monoisotopic (exact) mass is 172 g/mol. The zero-order valence-electron chi connectivity index (χ0n) is 6.55. The highest BCUT2D eigenvalue weighted by Crippen LogP contribution is 2.06. The van der Waals surface area contributed by atoms with Crippen molar-refractivity contribution in [1.82, 2.24) is 0 Å². The molecule has 0 unspecified atom stereocenters. The van der Waals surface area contributed by atoms with Crippen molar-refractivity contribution in [3.05, 3.63) is 30.3 Å². The van der Waals surface area contributed by atoms with Crippen molar-refractivity contribution in [1.29, 1.82) is 0 Å². The van der Waals surface area contributed by atoms with Crippen LogP contribution in [-0.2, 0) is 0 Å². The number of benzene rings is 1. The van der Waals surface area contributed by atoms with Gasteiger partial charge in [0.1, 0.15) is 12.4 Å². The van der Waals surface area contributed by atoms with Gasteiger partial charge in [0, 0.05) is 0 Å². The Morgan fingerprint density at radius 3 is 2.17 bits per heavy atom. The molecule has 1 aromatic carbocycles. The first-order chi connectivity index (χ1) is 5.93. The maximum atomic E-state index is 8.40. The van der Waals surface area contributed by atoms with E-state index in [1.54, 1.807) is 0 Å². The lowest BCUT2D eigenvalue weighted by molar-refractivity contribution is -0.176. The maximum Gasteiger partial charge on any atom is 0.119 e. The molecule has 0 aliphatic rings. The fourth-order valence-electron chi connectivity index (χ4n) is 0.680. The minimum atomic E-state index is 0.0644. The van der Waals surface area contributed by atoms with Gasteiger partial charge in [0.05, 0.1) is 6.61 Å². The van der Waals surface area contributed by atoms with Crippen LogP contribution >= 0.6 is 0 Å². The summed E-state index contributed by atoms with van der Waals surface area (Å²) in [6.45, 7) is 0.429. The number of hydrogen-bond acceptors (Lipinski definition) is 4. The van der Waals surface area contributed by atoms with Gasteiger partial charge in [-0.15, -0.1) is 0 Å². The number of aliphatic hydroxyl groups is 1. The van der Waals surface area contributed by atoms with E-state index >= 15 is 0 Å². The first-order valence-corrected chi connectivity index (χ1v) is 3.42. The average Bonchev–Trinajstić information content (AvgIpc) is 2.19. The highest BCUT2D eigenvalue weighted by atomic mass is 17.0. The molecule has 4 nitrogen and oxygen atoms in total. The summed E-state index contributed by atoms with van der Waals surface area (Å²) in [5.41, 5.74) is 0. The van der Waals surface area contributed by atoms with Crippen LogP contribution in [0.1, 0.15) is 0 Å². The molecule has 0 bridgehead atoms. The number of ether oxygens (including phenoxy) is 1. The SMILES string of the molecule is OCCOc1ccccc1.OO. The van der Waals surface area contributed by atoms with Gasteiger partial charge in [0.2, 0.25) is 0 Å². The number of para-hydroxylation sites is 1. The predicted octanol–water partition coefficient (Wildman–Crippen LogP) is 1.08. The van der Waals surface area contributed by atoms with Crippen LogP contribution in [-0.4, -0.2) is 28.8 Å². The van der Waals surface area contributed by atoms with Crippen molar-refractivity contribution in [2.45, 2.75) is 0 Å². The van der Waals surface area contributed by atoms with E-state index in [4.69, 9.17) is 20.4 Å². The van der Waals surface area contributed by atoms with Crippen LogP contribution in [0.3, 0.4) is 0 Å². The summed E-state index contributed by atoms with van der Waals surface area (Å²) in [5, 5.41) is 20.4. The lowest BCUT2D eigenvalue weighted by Crippen LogP contribution is -2.00. The van der Waals surface area contributed by atoms with Crippen LogP contribution in [0, 0.1) is 0 Å². The highest BCUT2D eigenvalue weighted by molar-refractivity contribution is 5.20. The van der Waals surface area contributed by atoms with Crippen molar-refractivity contribution in [2.24, 2.45) is 0 Å². The van der Waals surface area contributed by atoms with Gasteiger partial charge in [0.25, 0.3) is 0 Å². The summed E-state index contributed by atoms with van der Waals surface area (Å²) in [6.07, 6.45) is 0. The topological polar surface area (TPSA) is 69.9 Å². The van der Waals surface area contributed by atoms with Crippen LogP contribution in [0.2, 0.25) is 0 Å². The van der Waals surface area contributed by atoms with Gasteiger partial charge in [0.15, 0.2) is 0 Å². The van der Waals surface area contributed by atoms with Crippen LogP contribution in [0.5, 0.6) is 5.75 Å². The number of aliphatic hydroxyl groups excluding tert-OH is 1. The largest absolute Gasteiger partial charge is 0.491 e. The zero-order chi connectivity index (χ0) is 9.23. The minimum Gasteiger partial charge on any atom is -0.491 e. The van der Waals surface area contributed by atoms with Gasteiger partial charge < -0.3 is 9.84 Å². The van der Waals surface area contributed by atoms with Gasteiger partial charge >= 0.3 is 0 Å². The minimum absolute atomic E-state index is 0.0644. The molecule has 0 atom stereocenters. The molecule has 4 heteroatoms. The molecule has 3 N–H and O–H groups in total. The standard InChI is InChI=1S/C8H10O2.H2O2/c9-6-7-10-8-4-2-1-3-5-8;1-2/h1-5,9H,6-7H2;1-2H. The van der Waals surface area contributed by atoms with Crippen LogP contribution < -0.4 is 4.74 Å². The first-order valence-electron chi connectivity index (χ1n) is 3.42. The molecule has 0 saturated heterocycles. The molecule has 68 valence electrons. The molecule has 0 radical (unpaired) electrons. The lowest BCUT2D eigenvalue weighted by atomic mass is 10.3. The van der Waals surface area contributed by atoms with Crippen molar-refractivity contribution in [3.8, 4) is 5.75 Å². The Morgan fingerprint density at radius 2 is 1.67 bits per heavy atom. The van der Waals surface area contributed by atoms with E-state index in [2.05, 4.69) is 0 Å². The van der Waals surface area contributed by atoms with Gasteiger partial charge in [-0.1, -0.05) is 18.2 Å². The van der Waals surface area contributed by atoms with Crippen molar-refractivity contribution < 1.29 is 20.4 Å². The smallest absolute Gasteiger partial charge is 0.119 e. The first kappa shape index (κ1) is 10.9. The normalized spacial score (nSPS) is 8.25. The quantitative estimate of drug-likeness (QED) is 0.471. The summed E-state index contributed by atoms with van der Waals surface area (Å²) < 4.78 is 5.11. The maximum absolute atomic E-state index is 8.40. The fourth-order valence-corrected chi connectivity index (χ4v) is 0.680. The zero-order valence-corrected chi connectivity index (χ0v) is 6.55. The second kappa shape index (κ2) is 8.00. The Bertz CT molecular complexity index is 176. The summed E-state index contributed by atoms with van der Waals surface area (Å²) in [5.74, 6) is 0.802.